The summed E-state index contributed by atoms with van der Waals surface area (Å²) in [4.78, 5) is 18.3. The molecule has 3 rings (SSSR count). The van der Waals surface area contributed by atoms with E-state index < -0.39 is 0 Å². The van der Waals surface area contributed by atoms with Crippen LogP contribution >= 0.6 is 11.3 Å². The lowest BCUT2D eigenvalue weighted by Crippen LogP contribution is -3.12. The molecule has 1 unspecified atom stereocenters. The number of hydrogen-bond acceptors (Lipinski definition) is 3. The molecule has 0 radical (unpaired) electrons. The lowest BCUT2D eigenvalue weighted by atomic mass is 9.95. The van der Waals surface area contributed by atoms with Crippen LogP contribution in [-0.4, -0.2) is 30.0 Å². The fourth-order valence-corrected chi connectivity index (χ4v) is 4.25. The molecule has 124 valence electrons. The van der Waals surface area contributed by atoms with Crippen LogP contribution in [0.15, 0.2) is 24.3 Å². The van der Waals surface area contributed by atoms with Crippen molar-refractivity contribution in [1.29, 1.82) is 0 Å². The number of rotatable bonds is 5. The Hall–Kier alpha value is -1.46. The minimum absolute atomic E-state index is 0.0519. The van der Waals surface area contributed by atoms with Gasteiger partial charge in [-0.1, -0.05) is 31.4 Å². The molecule has 4 nitrogen and oxygen atoms in total. The highest BCUT2D eigenvalue weighted by molar-refractivity contribution is 7.18. The van der Waals surface area contributed by atoms with E-state index in [1.54, 1.807) is 11.3 Å². The Labute approximate surface area is 141 Å². The van der Waals surface area contributed by atoms with E-state index in [0.717, 1.165) is 29.9 Å². The molecule has 1 amide bonds. The zero-order valence-electron chi connectivity index (χ0n) is 14.0. The first-order valence-corrected chi connectivity index (χ1v) is 9.42. The van der Waals surface area contributed by atoms with Crippen molar-refractivity contribution in [3.05, 3.63) is 29.3 Å². The molecule has 0 bridgehead atoms. The molecule has 5 heteroatoms. The number of para-hydroxylation sites is 1. The quantitative estimate of drug-likeness (QED) is 0.881. The third-order valence-electron chi connectivity index (χ3n) is 4.85. The van der Waals surface area contributed by atoms with E-state index in [9.17, 15) is 4.79 Å². The summed E-state index contributed by atoms with van der Waals surface area (Å²) in [5, 5.41) is 4.33. The van der Waals surface area contributed by atoms with Crippen LogP contribution in [-0.2, 0) is 11.3 Å². The molecule has 1 aromatic heterocycles. The van der Waals surface area contributed by atoms with Crippen molar-refractivity contribution in [2.75, 3.05) is 7.05 Å². The Morgan fingerprint density at radius 3 is 2.83 bits per heavy atom. The van der Waals surface area contributed by atoms with Crippen LogP contribution in [0.1, 0.15) is 44.0 Å². The van der Waals surface area contributed by atoms with Crippen molar-refractivity contribution in [1.82, 2.24) is 10.3 Å². The van der Waals surface area contributed by atoms with Crippen molar-refractivity contribution in [3.8, 4) is 0 Å². The maximum Gasteiger partial charge on any atom is 0.278 e. The van der Waals surface area contributed by atoms with Gasteiger partial charge >= 0.3 is 0 Å². The monoisotopic (exact) mass is 332 g/mol. The molecule has 1 aliphatic rings. The predicted molar refractivity (Wildman–Crippen MR) is 94.7 cm³/mol. The number of quaternary nitrogens is 1. The molecule has 23 heavy (non-hydrogen) atoms. The molecule has 1 saturated carbocycles. The number of benzene rings is 1. The van der Waals surface area contributed by atoms with Gasteiger partial charge in [-0.15, -0.1) is 11.3 Å². The number of amides is 1. The Morgan fingerprint density at radius 1 is 1.35 bits per heavy atom. The SMILES string of the molecule is C[C@@H](C(=O)NC1CCCCC1)[NH+](C)Cc1nc2ccccc2s1. The van der Waals surface area contributed by atoms with Gasteiger partial charge in [0.2, 0.25) is 0 Å². The van der Waals surface area contributed by atoms with Crippen LogP contribution in [0.2, 0.25) is 0 Å². The summed E-state index contributed by atoms with van der Waals surface area (Å²) in [5.74, 6) is 0.176. The van der Waals surface area contributed by atoms with Crippen LogP contribution in [0.5, 0.6) is 0 Å². The first-order valence-electron chi connectivity index (χ1n) is 8.60. The van der Waals surface area contributed by atoms with Gasteiger partial charge in [0.05, 0.1) is 17.3 Å². The summed E-state index contributed by atoms with van der Waals surface area (Å²) in [5.41, 5.74) is 1.06. The molecular formula is C18H26N3OS+. The topological polar surface area (TPSA) is 46.4 Å². The molecule has 1 heterocycles. The van der Waals surface area contributed by atoms with E-state index in [1.807, 2.05) is 25.1 Å². The normalized spacial score (nSPS) is 18.7. The minimum atomic E-state index is -0.0519. The van der Waals surface area contributed by atoms with Gasteiger partial charge in [-0.05, 0) is 31.9 Å². The smallest absolute Gasteiger partial charge is 0.278 e. The minimum Gasteiger partial charge on any atom is -0.348 e. The summed E-state index contributed by atoms with van der Waals surface area (Å²) in [6.07, 6.45) is 6.07. The van der Waals surface area contributed by atoms with Crippen molar-refractivity contribution in [2.45, 2.75) is 57.7 Å². The van der Waals surface area contributed by atoms with Gasteiger partial charge < -0.3 is 10.2 Å². The molecular weight excluding hydrogens is 306 g/mol. The summed E-state index contributed by atoms with van der Waals surface area (Å²) < 4.78 is 1.22. The van der Waals surface area contributed by atoms with E-state index in [4.69, 9.17) is 0 Å². The Bertz CT molecular complexity index is 630. The standard InChI is InChI=1S/C18H25N3OS/c1-13(18(22)19-14-8-4-3-5-9-14)21(2)12-17-20-15-10-6-7-11-16(15)23-17/h6-7,10-11,13-14H,3-5,8-9,12H2,1-2H3,(H,19,22)/p+1/t13-/m0/s1. The first-order chi connectivity index (χ1) is 11.1. The molecule has 0 spiro atoms. The van der Waals surface area contributed by atoms with Gasteiger partial charge in [-0.2, -0.15) is 0 Å². The summed E-state index contributed by atoms with van der Waals surface area (Å²) in [7, 11) is 2.08. The highest BCUT2D eigenvalue weighted by Gasteiger charge is 2.25. The van der Waals surface area contributed by atoms with E-state index in [-0.39, 0.29) is 11.9 Å². The molecule has 2 N–H and O–H groups in total. The van der Waals surface area contributed by atoms with Gasteiger partial charge in [0, 0.05) is 6.04 Å². The second kappa shape index (κ2) is 7.41. The summed E-state index contributed by atoms with van der Waals surface area (Å²) >= 11 is 1.73. The molecule has 1 aliphatic carbocycles. The van der Waals surface area contributed by atoms with Crippen LogP contribution in [0.25, 0.3) is 10.2 Å². The number of carbonyl (C=O) groups is 1. The third kappa shape index (κ3) is 4.09. The van der Waals surface area contributed by atoms with Crippen molar-refractivity contribution >= 4 is 27.5 Å². The third-order valence-corrected chi connectivity index (χ3v) is 5.89. The number of likely N-dealkylation sites (N-methyl/N-ethyl adjacent to an activating group) is 1. The van der Waals surface area contributed by atoms with Gasteiger partial charge in [0.1, 0.15) is 11.6 Å². The molecule has 0 aliphatic heterocycles. The lowest BCUT2D eigenvalue weighted by molar-refractivity contribution is -0.908. The van der Waals surface area contributed by atoms with Crippen LogP contribution < -0.4 is 10.2 Å². The number of thiazole rings is 1. The zero-order valence-corrected chi connectivity index (χ0v) is 14.8. The Morgan fingerprint density at radius 2 is 2.09 bits per heavy atom. The van der Waals surface area contributed by atoms with E-state index in [1.165, 1.54) is 28.9 Å². The van der Waals surface area contributed by atoms with Gasteiger partial charge in [-0.25, -0.2) is 4.98 Å². The van der Waals surface area contributed by atoms with Gasteiger partial charge in [0.25, 0.3) is 5.91 Å². The number of nitrogens with zero attached hydrogens (tertiary/aromatic N) is 1. The predicted octanol–water partition coefficient (Wildman–Crippen LogP) is 2.15. The molecule has 0 saturated heterocycles. The lowest BCUT2D eigenvalue weighted by Gasteiger charge is -2.26. The molecule has 1 aromatic carbocycles. The molecule has 1 fully saturated rings. The molecule has 2 aromatic rings. The van der Waals surface area contributed by atoms with Crippen LogP contribution in [0.4, 0.5) is 0 Å². The first kappa shape index (κ1) is 16.4. The number of hydrogen-bond donors (Lipinski definition) is 2. The average molecular weight is 332 g/mol. The van der Waals surface area contributed by atoms with Crippen LogP contribution in [0, 0.1) is 0 Å². The van der Waals surface area contributed by atoms with Crippen LogP contribution in [0.3, 0.4) is 0 Å². The van der Waals surface area contributed by atoms with Gasteiger partial charge in [0.15, 0.2) is 6.04 Å². The second-order valence-corrected chi connectivity index (χ2v) is 7.78. The second-order valence-electron chi connectivity index (χ2n) is 6.66. The fourth-order valence-electron chi connectivity index (χ4n) is 3.18. The van der Waals surface area contributed by atoms with Crippen molar-refractivity contribution in [2.24, 2.45) is 0 Å². The van der Waals surface area contributed by atoms with Gasteiger partial charge in [-0.3, -0.25) is 4.79 Å². The number of fused-ring (bicyclic) bond motifs is 1. The largest absolute Gasteiger partial charge is 0.348 e. The summed E-state index contributed by atoms with van der Waals surface area (Å²) in [6.45, 7) is 2.80. The highest BCUT2D eigenvalue weighted by atomic mass is 32.1. The average Bonchev–Trinajstić information content (AvgIpc) is 2.97. The van der Waals surface area contributed by atoms with E-state index in [2.05, 4.69) is 23.4 Å². The van der Waals surface area contributed by atoms with Crippen molar-refractivity contribution in [3.63, 3.8) is 0 Å². The molecule has 2 atom stereocenters. The Balaban J connectivity index is 1.57. The highest BCUT2D eigenvalue weighted by Crippen LogP contribution is 2.21. The fraction of sp³-hybridized carbons (Fsp3) is 0.556. The van der Waals surface area contributed by atoms with E-state index in [0.29, 0.717) is 6.04 Å². The number of aromatic nitrogens is 1. The maximum absolute atomic E-state index is 12.5. The van der Waals surface area contributed by atoms with Crippen molar-refractivity contribution < 1.29 is 9.69 Å². The summed E-state index contributed by atoms with van der Waals surface area (Å²) in [6, 6.07) is 8.54. The number of carbonyl (C=O) groups excluding carboxylic acids is 1. The maximum atomic E-state index is 12.5. The Kier molecular flexibility index (Phi) is 5.28. The zero-order chi connectivity index (χ0) is 16.2. The number of nitrogens with one attached hydrogen (secondary N) is 2. The van der Waals surface area contributed by atoms with E-state index >= 15 is 0 Å².